The highest BCUT2D eigenvalue weighted by atomic mass is 16.2. The third-order valence-electron chi connectivity index (χ3n) is 4.89. The van der Waals surface area contributed by atoms with Crippen LogP contribution in [0.1, 0.15) is 16.7 Å². The molecular formula is C21H27N3O. The van der Waals surface area contributed by atoms with Crippen molar-refractivity contribution >= 4 is 6.03 Å². The Bertz CT molecular complexity index is 701. The topological polar surface area (TPSA) is 35.6 Å². The molecular weight excluding hydrogens is 310 g/mol. The number of hydrogen-bond donors (Lipinski definition) is 1. The molecule has 1 atom stereocenters. The number of carbonyl (C=O) groups is 1. The lowest BCUT2D eigenvalue weighted by Gasteiger charge is -2.31. The van der Waals surface area contributed by atoms with Gasteiger partial charge in [-0.05, 0) is 29.5 Å². The van der Waals surface area contributed by atoms with Gasteiger partial charge in [0, 0.05) is 39.8 Å². The molecule has 25 heavy (non-hydrogen) atoms. The second-order valence-corrected chi connectivity index (χ2v) is 6.87. The van der Waals surface area contributed by atoms with E-state index < -0.39 is 0 Å². The first-order valence-electron chi connectivity index (χ1n) is 8.94. The Morgan fingerprint density at radius 2 is 1.68 bits per heavy atom. The van der Waals surface area contributed by atoms with E-state index in [1.807, 2.05) is 42.1 Å². The van der Waals surface area contributed by atoms with Crippen molar-refractivity contribution in [2.75, 3.05) is 27.2 Å². The first-order valence-corrected chi connectivity index (χ1v) is 8.94. The van der Waals surface area contributed by atoms with Gasteiger partial charge in [-0.2, -0.15) is 0 Å². The Labute approximate surface area is 150 Å². The number of nitrogens with one attached hydrogen (secondary N) is 1. The van der Waals surface area contributed by atoms with Crippen molar-refractivity contribution in [2.24, 2.45) is 0 Å². The van der Waals surface area contributed by atoms with Crippen LogP contribution in [0.15, 0.2) is 54.6 Å². The predicted molar refractivity (Wildman–Crippen MR) is 102 cm³/mol. The summed E-state index contributed by atoms with van der Waals surface area (Å²) >= 11 is 0. The summed E-state index contributed by atoms with van der Waals surface area (Å²) in [5, 5.41) is 3.55. The predicted octanol–water partition coefficient (Wildman–Crippen LogP) is 2.93. The van der Waals surface area contributed by atoms with E-state index in [0.717, 1.165) is 32.5 Å². The lowest BCUT2D eigenvalue weighted by atomic mass is 9.96. The summed E-state index contributed by atoms with van der Waals surface area (Å²) in [7, 11) is 3.77. The lowest BCUT2D eigenvalue weighted by Crippen LogP contribution is -2.48. The van der Waals surface area contributed by atoms with Gasteiger partial charge in [-0.3, -0.25) is 0 Å². The monoisotopic (exact) mass is 337 g/mol. The zero-order valence-corrected chi connectivity index (χ0v) is 15.1. The molecule has 1 aliphatic rings. The van der Waals surface area contributed by atoms with Crippen LogP contribution in [0.25, 0.3) is 0 Å². The molecule has 132 valence electrons. The average molecular weight is 337 g/mol. The second-order valence-electron chi connectivity index (χ2n) is 6.87. The van der Waals surface area contributed by atoms with Gasteiger partial charge in [0.15, 0.2) is 0 Å². The highest BCUT2D eigenvalue weighted by Gasteiger charge is 2.22. The number of nitrogens with zero attached hydrogens (tertiary/aromatic N) is 2. The number of urea groups is 1. The number of fused-ring (bicyclic) bond motifs is 1. The molecule has 1 N–H and O–H groups in total. The van der Waals surface area contributed by atoms with Gasteiger partial charge < -0.3 is 15.1 Å². The van der Waals surface area contributed by atoms with Crippen molar-refractivity contribution in [1.29, 1.82) is 0 Å². The van der Waals surface area contributed by atoms with Gasteiger partial charge in [-0.15, -0.1) is 0 Å². The van der Waals surface area contributed by atoms with Crippen LogP contribution in [0.2, 0.25) is 0 Å². The molecule has 0 bridgehead atoms. The third kappa shape index (κ3) is 4.60. The van der Waals surface area contributed by atoms with E-state index in [0.29, 0.717) is 6.04 Å². The summed E-state index contributed by atoms with van der Waals surface area (Å²) in [5.41, 5.74) is 4.02. The first kappa shape index (κ1) is 17.5. The quantitative estimate of drug-likeness (QED) is 0.910. The Balaban J connectivity index is 1.49. The molecule has 0 saturated carbocycles. The van der Waals surface area contributed by atoms with Crippen molar-refractivity contribution in [1.82, 2.24) is 15.1 Å². The Morgan fingerprint density at radius 1 is 1.00 bits per heavy atom. The summed E-state index contributed by atoms with van der Waals surface area (Å²) in [6, 6.07) is 19.2. The van der Waals surface area contributed by atoms with Crippen molar-refractivity contribution in [3.8, 4) is 0 Å². The van der Waals surface area contributed by atoms with Crippen molar-refractivity contribution in [3.63, 3.8) is 0 Å². The van der Waals surface area contributed by atoms with E-state index in [4.69, 9.17) is 0 Å². The number of amides is 2. The van der Waals surface area contributed by atoms with Crippen LogP contribution in [0.4, 0.5) is 4.79 Å². The largest absolute Gasteiger partial charge is 0.327 e. The molecule has 0 aromatic heterocycles. The van der Waals surface area contributed by atoms with E-state index >= 15 is 0 Å². The van der Waals surface area contributed by atoms with E-state index in [-0.39, 0.29) is 6.03 Å². The van der Waals surface area contributed by atoms with Crippen LogP contribution < -0.4 is 5.32 Å². The summed E-state index contributed by atoms with van der Waals surface area (Å²) in [5.74, 6) is 0. The molecule has 0 spiro atoms. The van der Waals surface area contributed by atoms with Gasteiger partial charge in [0.25, 0.3) is 0 Å². The SMILES string of the molecule is CN(CCc1ccccc1)C(=O)N(C)CC1Cc2ccccc2CN1. The molecule has 0 radical (unpaired) electrons. The van der Waals surface area contributed by atoms with E-state index in [1.165, 1.54) is 16.7 Å². The zero-order chi connectivity index (χ0) is 17.6. The van der Waals surface area contributed by atoms with Crippen molar-refractivity contribution < 1.29 is 4.79 Å². The maximum atomic E-state index is 12.6. The van der Waals surface area contributed by atoms with Crippen LogP contribution in [0, 0.1) is 0 Å². The number of rotatable bonds is 5. The van der Waals surface area contributed by atoms with Gasteiger partial charge in [-0.25, -0.2) is 4.79 Å². The van der Waals surface area contributed by atoms with E-state index in [9.17, 15) is 4.79 Å². The highest BCUT2D eigenvalue weighted by Crippen LogP contribution is 2.16. The number of benzene rings is 2. The smallest absolute Gasteiger partial charge is 0.319 e. The Kier molecular flexibility index (Phi) is 5.71. The minimum absolute atomic E-state index is 0.0802. The fraction of sp³-hybridized carbons (Fsp3) is 0.381. The van der Waals surface area contributed by atoms with Gasteiger partial charge >= 0.3 is 6.03 Å². The van der Waals surface area contributed by atoms with Crippen molar-refractivity contribution in [3.05, 3.63) is 71.3 Å². The summed E-state index contributed by atoms with van der Waals surface area (Å²) in [4.78, 5) is 16.2. The molecule has 0 saturated heterocycles. The Morgan fingerprint density at radius 3 is 2.44 bits per heavy atom. The molecule has 0 fully saturated rings. The maximum Gasteiger partial charge on any atom is 0.319 e. The first-order chi connectivity index (χ1) is 12.1. The van der Waals surface area contributed by atoms with Crippen LogP contribution in [-0.2, 0) is 19.4 Å². The molecule has 2 aromatic rings. The molecule has 2 aromatic carbocycles. The lowest BCUT2D eigenvalue weighted by molar-refractivity contribution is 0.168. The third-order valence-corrected chi connectivity index (χ3v) is 4.89. The molecule has 2 amide bonds. The molecule has 4 heteroatoms. The zero-order valence-electron chi connectivity index (χ0n) is 15.1. The van der Waals surface area contributed by atoms with Crippen LogP contribution in [0.5, 0.6) is 0 Å². The number of hydrogen-bond acceptors (Lipinski definition) is 2. The number of likely N-dealkylation sites (N-methyl/N-ethyl adjacent to an activating group) is 2. The van der Waals surface area contributed by atoms with Gasteiger partial charge in [0.2, 0.25) is 0 Å². The average Bonchev–Trinajstić information content (AvgIpc) is 2.66. The van der Waals surface area contributed by atoms with E-state index in [2.05, 4.69) is 41.7 Å². The van der Waals surface area contributed by atoms with Crippen LogP contribution >= 0.6 is 0 Å². The molecule has 1 heterocycles. The fourth-order valence-electron chi connectivity index (χ4n) is 3.39. The molecule has 1 unspecified atom stereocenters. The number of carbonyl (C=O) groups excluding carboxylic acids is 1. The van der Waals surface area contributed by atoms with Crippen LogP contribution in [0.3, 0.4) is 0 Å². The molecule has 4 nitrogen and oxygen atoms in total. The minimum Gasteiger partial charge on any atom is -0.327 e. The summed E-state index contributed by atoms with van der Waals surface area (Å²) in [6.45, 7) is 2.34. The van der Waals surface area contributed by atoms with E-state index in [1.54, 1.807) is 0 Å². The molecule has 1 aliphatic heterocycles. The molecule has 3 rings (SSSR count). The van der Waals surface area contributed by atoms with Gasteiger partial charge in [0.05, 0.1) is 0 Å². The summed E-state index contributed by atoms with van der Waals surface area (Å²) < 4.78 is 0. The fourth-order valence-corrected chi connectivity index (χ4v) is 3.39. The standard InChI is InChI=1S/C21H27N3O/c1-23(13-12-17-8-4-3-5-9-17)21(25)24(2)16-20-14-18-10-6-7-11-19(18)15-22-20/h3-11,20,22H,12-16H2,1-2H3. The van der Waals surface area contributed by atoms with Gasteiger partial charge in [0.1, 0.15) is 0 Å². The summed E-state index contributed by atoms with van der Waals surface area (Å²) in [6.07, 6.45) is 1.85. The van der Waals surface area contributed by atoms with Crippen molar-refractivity contribution in [2.45, 2.75) is 25.4 Å². The minimum atomic E-state index is 0.0802. The van der Waals surface area contributed by atoms with Crippen LogP contribution in [-0.4, -0.2) is 49.1 Å². The second kappa shape index (κ2) is 8.17. The normalized spacial score (nSPS) is 16.2. The van der Waals surface area contributed by atoms with Gasteiger partial charge in [-0.1, -0.05) is 54.6 Å². The molecule has 0 aliphatic carbocycles. The highest BCUT2D eigenvalue weighted by molar-refractivity contribution is 5.73. The maximum absolute atomic E-state index is 12.6. The Hall–Kier alpha value is -2.33.